The Hall–Kier alpha value is -7.37. The first-order chi connectivity index (χ1) is 26.8. The molecular formula is C49H30N4O. The lowest BCUT2D eigenvalue weighted by atomic mass is 10.1. The van der Waals surface area contributed by atoms with Crippen molar-refractivity contribution in [2.45, 2.75) is 0 Å². The van der Waals surface area contributed by atoms with E-state index in [2.05, 4.69) is 184 Å². The lowest BCUT2D eigenvalue weighted by molar-refractivity contribution is 0.663. The first-order valence-corrected chi connectivity index (χ1v) is 18.3. The van der Waals surface area contributed by atoms with Gasteiger partial charge in [0.05, 0.1) is 44.5 Å². The molecule has 4 heterocycles. The Balaban J connectivity index is 1.22. The van der Waals surface area contributed by atoms with Gasteiger partial charge in [-0.05, 0) is 48.5 Å². The molecule has 0 saturated carbocycles. The first kappa shape index (κ1) is 29.2. The average molecular weight is 691 g/mol. The van der Waals surface area contributed by atoms with Gasteiger partial charge in [0.2, 0.25) is 0 Å². The van der Waals surface area contributed by atoms with Gasteiger partial charge in [0.25, 0.3) is 0 Å². The molecule has 252 valence electrons. The molecule has 54 heavy (non-hydrogen) atoms. The van der Waals surface area contributed by atoms with Gasteiger partial charge >= 0.3 is 0 Å². The molecule has 0 atom stereocenters. The van der Waals surface area contributed by atoms with E-state index in [4.69, 9.17) is 9.40 Å². The van der Waals surface area contributed by atoms with Crippen LogP contribution in [-0.4, -0.2) is 18.7 Å². The van der Waals surface area contributed by atoms with Crippen molar-refractivity contribution in [2.75, 3.05) is 0 Å². The standard InChI is InChI=1S/C49H30N4O/c1-3-15-31(16-4-1)49-50-39-23-9-12-26-42(39)53(49)44-28-14-22-38-37-21-13-27-43(47(37)54-48(38)44)52-41-25-11-8-20-34(41)36-30-29-35-33-19-7-10-24-40(33)51(45(35)46(36)52)32-17-5-2-6-18-32/h1-30H. The van der Waals surface area contributed by atoms with Gasteiger partial charge in [-0.2, -0.15) is 0 Å². The Labute approximate surface area is 309 Å². The third-order valence-corrected chi connectivity index (χ3v) is 11.0. The summed E-state index contributed by atoms with van der Waals surface area (Å²) >= 11 is 0. The van der Waals surface area contributed by atoms with Crippen molar-refractivity contribution >= 4 is 76.6 Å². The van der Waals surface area contributed by atoms with Crippen molar-refractivity contribution in [1.29, 1.82) is 0 Å². The van der Waals surface area contributed by atoms with E-state index in [9.17, 15) is 0 Å². The number of rotatable bonds is 4. The summed E-state index contributed by atoms with van der Waals surface area (Å²) in [4.78, 5) is 5.14. The van der Waals surface area contributed by atoms with Crippen molar-refractivity contribution in [3.8, 4) is 28.5 Å². The number of para-hydroxylation sites is 7. The lowest BCUT2D eigenvalue weighted by Gasteiger charge is -2.13. The van der Waals surface area contributed by atoms with E-state index in [1.807, 2.05) is 12.1 Å². The van der Waals surface area contributed by atoms with Crippen LogP contribution in [0.4, 0.5) is 0 Å². The van der Waals surface area contributed by atoms with E-state index in [0.717, 1.165) is 72.5 Å². The first-order valence-electron chi connectivity index (χ1n) is 18.3. The summed E-state index contributed by atoms with van der Waals surface area (Å²) < 4.78 is 14.3. The summed E-state index contributed by atoms with van der Waals surface area (Å²) in [5.74, 6) is 0.878. The Morgan fingerprint density at radius 2 is 0.852 bits per heavy atom. The summed E-state index contributed by atoms with van der Waals surface area (Å²) in [6, 6.07) is 64.5. The van der Waals surface area contributed by atoms with E-state index in [1.54, 1.807) is 0 Å². The zero-order chi connectivity index (χ0) is 35.3. The molecule has 0 aliphatic carbocycles. The highest BCUT2D eigenvalue weighted by molar-refractivity contribution is 6.24. The molecule has 4 aromatic heterocycles. The second-order valence-electron chi connectivity index (χ2n) is 13.9. The molecule has 12 aromatic rings. The highest BCUT2D eigenvalue weighted by atomic mass is 16.3. The number of hydrogen-bond acceptors (Lipinski definition) is 2. The van der Waals surface area contributed by atoms with E-state index in [0.29, 0.717) is 0 Å². The second-order valence-corrected chi connectivity index (χ2v) is 13.9. The Morgan fingerprint density at radius 1 is 0.352 bits per heavy atom. The third-order valence-electron chi connectivity index (χ3n) is 11.0. The largest absolute Gasteiger partial charge is 0.452 e. The summed E-state index contributed by atoms with van der Waals surface area (Å²) in [5, 5.41) is 6.96. The quantitative estimate of drug-likeness (QED) is 0.184. The van der Waals surface area contributed by atoms with E-state index < -0.39 is 0 Å². The lowest BCUT2D eigenvalue weighted by Crippen LogP contribution is -1.99. The fourth-order valence-corrected chi connectivity index (χ4v) is 8.79. The highest BCUT2D eigenvalue weighted by Crippen LogP contribution is 2.44. The second kappa shape index (κ2) is 11.1. The molecule has 5 heteroatoms. The number of nitrogens with zero attached hydrogens (tertiary/aromatic N) is 4. The fourth-order valence-electron chi connectivity index (χ4n) is 8.79. The van der Waals surface area contributed by atoms with Gasteiger partial charge in [-0.15, -0.1) is 0 Å². The highest BCUT2D eigenvalue weighted by Gasteiger charge is 2.24. The van der Waals surface area contributed by atoms with Gasteiger partial charge < -0.3 is 13.6 Å². The smallest absolute Gasteiger partial charge is 0.159 e. The summed E-state index contributed by atoms with van der Waals surface area (Å²) in [6.45, 7) is 0. The minimum absolute atomic E-state index is 0.824. The maximum Gasteiger partial charge on any atom is 0.159 e. The average Bonchev–Trinajstić information content (AvgIpc) is 3.99. The summed E-state index contributed by atoms with van der Waals surface area (Å²) in [6.07, 6.45) is 0. The molecule has 0 aliphatic rings. The monoisotopic (exact) mass is 690 g/mol. The SMILES string of the molecule is c1ccc(-c2nc3ccccc3n2-c2cccc3c2oc2c(-n4c5ccccc5c5ccc6c7ccccc7n(-c7ccccc7)c6c54)cccc23)cc1. The minimum atomic E-state index is 0.824. The molecule has 0 N–H and O–H groups in total. The zero-order valence-electron chi connectivity index (χ0n) is 29.0. The molecule has 0 unspecified atom stereocenters. The number of furan rings is 1. The molecule has 8 aromatic carbocycles. The Kier molecular flexibility index (Phi) is 5.99. The zero-order valence-corrected chi connectivity index (χ0v) is 29.0. The minimum Gasteiger partial charge on any atom is -0.452 e. The van der Waals surface area contributed by atoms with Gasteiger partial charge in [0.15, 0.2) is 11.2 Å². The molecule has 12 rings (SSSR count). The van der Waals surface area contributed by atoms with Crippen LogP contribution in [0.1, 0.15) is 0 Å². The van der Waals surface area contributed by atoms with Crippen molar-refractivity contribution in [1.82, 2.24) is 18.7 Å². The fraction of sp³-hybridized carbons (Fsp3) is 0. The topological polar surface area (TPSA) is 40.8 Å². The van der Waals surface area contributed by atoms with Crippen LogP contribution in [0.3, 0.4) is 0 Å². The van der Waals surface area contributed by atoms with Crippen LogP contribution >= 0.6 is 0 Å². The predicted octanol–water partition coefficient (Wildman–Crippen LogP) is 12.8. The molecule has 0 radical (unpaired) electrons. The van der Waals surface area contributed by atoms with Crippen LogP contribution in [0, 0.1) is 0 Å². The number of imidazole rings is 1. The van der Waals surface area contributed by atoms with E-state index in [1.165, 1.54) is 32.6 Å². The summed E-state index contributed by atoms with van der Waals surface area (Å²) in [7, 11) is 0. The normalized spacial score (nSPS) is 12.1. The Bertz CT molecular complexity index is 3440. The molecular weight excluding hydrogens is 661 g/mol. The van der Waals surface area contributed by atoms with Gasteiger partial charge in [-0.1, -0.05) is 133 Å². The molecule has 5 nitrogen and oxygen atoms in total. The van der Waals surface area contributed by atoms with Crippen LogP contribution in [0.15, 0.2) is 186 Å². The van der Waals surface area contributed by atoms with Crippen LogP contribution in [0.2, 0.25) is 0 Å². The van der Waals surface area contributed by atoms with Crippen LogP contribution in [-0.2, 0) is 0 Å². The van der Waals surface area contributed by atoms with Crippen LogP contribution in [0.5, 0.6) is 0 Å². The van der Waals surface area contributed by atoms with Gasteiger partial charge in [0.1, 0.15) is 5.82 Å². The predicted molar refractivity (Wildman–Crippen MR) is 222 cm³/mol. The molecule has 0 amide bonds. The molecule has 0 bridgehead atoms. The van der Waals surface area contributed by atoms with Gasteiger partial charge in [0, 0.05) is 43.6 Å². The maximum absolute atomic E-state index is 7.21. The molecule has 0 aliphatic heterocycles. The number of hydrogen-bond donors (Lipinski definition) is 0. The van der Waals surface area contributed by atoms with E-state index >= 15 is 0 Å². The number of fused-ring (bicyclic) bond motifs is 11. The summed E-state index contributed by atoms with van der Waals surface area (Å²) in [5.41, 5.74) is 12.4. The molecule has 0 spiro atoms. The van der Waals surface area contributed by atoms with Gasteiger partial charge in [-0.3, -0.25) is 4.57 Å². The third kappa shape index (κ3) is 3.95. The van der Waals surface area contributed by atoms with Crippen LogP contribution < -0.4 is 0 Å². The van der Waals surface area contributed by atoms with Crippen molar-refractivity contribution < 1.29 is 4.42 Å². The van der Waals surface area contributed by atoms with Crippen molar-refractivity contribution in [3.63, 3.8) is 0 Å². The molecule has 0 saturated heterocycles. The van der Waals surface area contributed by atoms with Gasteiger partial charge in [-0.25, -0.2) is 4.98 Å². The Morgan fingerprint density at radius 3 is 1.52 bits per heavy atom. The number of benzene rings is 8. The van der Waals surface area contributed by atoms with E-state index in [-0.39, 0.29) is 0 Å². The number of aromatic nitrogens is 4. The van der Waals surface area contributed by atoms with Crippen molar-refractivity contribution in [2.24, 2.45) is 0 Å². The molecule has 0 fully saturated rings. The van der Waals surface area contributed by atoms with Crippen LogP contribution in [0.25, 0.3) is 105 Å². The van der Waals surface area contributed by atoms with Crippen molar-refractivity contribution in [3.05, 3.63) is 182 Å². The maximum atomic E-state index is 7.21.